The highest BCUT2D eigenvalue weighted by atomic mass is 79.9. The minimum Gasteiger partial charge on any atom is -0.381 e. The van der Waals surface area contributed by atoms with Crippen LogP contribution in [0.2, 0.25) is 0 Å². The first kappa shape index (κ1) is 36.4. The Morgan fingerprint density at radius 3 is 1.88 bits per heavy atom. The first-order valence-corrected chi connectivity index (χ1v) is 17.6. The van der Waals surface area contributed by atoms with Crippen molar-refractivity contribution in [2.75, 3.05) is 46.2 Å². The quantitative estimate of drug-likeness (QED) is 0.167. The molecule has 6 heteroatoms. The number of fused-ring (bicyclic) bond motifs is 3. The van der Waals surface area contributed by atoms with Crippen molar-refractivity contribution >= 4 is 31.9 Å². The average Bonchev–Trinajstić information content (AvgIpc) is 3.79. The van der Waals surface area contributed by atoms with Crippen LogP contribution in [0, 0.1) is 11.8 Å². The smallest absolute Gasteiger partial charge is 0.0701 e. The third-order valence-electron chi connectivity index (χ3n) is 8.07. The van der Waals surface area contributed by atoms with Crippen molar-refractivity contribution in [3.05, 3.63) is 56.5 Å². The Kier molecular flexibility index (Phi) is 18.0. The summed E-state index contributed by atoms with van der Waals surface area (Å²) in [6.07, 6.45) is 9.87. The second kappa shape index (κ2) is 20.2. The molecule has 0 aliphatic heterocycles. The van der Waals surface area contributed by atoms with Gasteiger partial charge in [0.2, 0.25) is 0 Å². The molecule has 0 aromatic heterocycles. The molecule has 2 aromatic rings. The molecular weight excluding hydrogens is 642 g/mol. The van der Waals surface area contributed by atoms with Crippen molar-refractivity contribution in [2.24, 2.45) is 17.6 Å². The summed E-state index contributed by atoms with van der Waals surface area (Å²) in [5.41, 5.74) is 11.1. The molecule has 0 saturated heterocycles. The summed E-state index contributed by atoms with van der Waals surface area (Å²) in [6, 6.07) is 13.5. The summed E-state index contributed by atoms with van der Waals surface area (Å²) in [7, 11) is 0. The molecule has 1 fully saturated rings. The fourth-order valence-corrected chi connectivity index (χ4v) is 6.07. The lowest BCUT2D eigenvalue weighted by atomic mass is 9.72. The van der Waals surface area contributed by atoms with E-state index in [2.05, 4.69) is 89.0 Å². The molecular formula is C35H55Br2NO3. The lowest BCUT2D eigenvalue weighted by molar-refractivity contribution is 0.0447. The predicted octanol–water partition coefficient (Wildman–Crippen LogP) is 9.93. The molecule has 1 saturated carbocycles. The number of rotatable bonds is 17. The number of benzene rings is 2. The van der Waals surface area contributed by atoms with Gasteiger partial charge in [0.05, 0.1) is 19.8 Å². The van der Waals surface area contributed by atoms with Crippen LogP contribution >= 0.6 is 31.9 Å². The van der Waals surface area contributed by atoms with Gasteiger partial charge < -0.3 is 19.9 Å². The largest absolute Gasteiger partial charge is 0.381 e. The van der Waals surface area contributed by atoms with E-state index in [4.69, 9.17) is 19.9 Å². The van der Waals surface area contributed by atoms with Crippen LogP contribution in [0.25, 0.3) is 11.1 Å². The zero-order valence-corrected chi connectivity index (χ0v) is 29.5. The Bertz CT molecular complexity index is 944. The molecule has 2 aliphatic rings. The van der Waals surface area contributed by atoms with E-state index in [1.54, 1.807) is 0 Å². The van der Waals surface area contributed by atoms with Crippen LogP contribution in [0.1, 0.15) is 97.1 Å². The van der Waals surface area contributed by atoms with E-state index in [-0.39, 0.29) is 5.41 Å². The first-order chi connectivity index (χ1) is 19.9. The Morgan fingerprint density at radius 2 is 1.37 bits per heavy atom. The molecule has 0 amide bonds. The van der Waals surface area contributed by atoms with Crippen LogP contribution in [0.5, 0.6) is 0 Å². The van der Waals surface area contributed by atoms with Crippen LogP contribution in [-0.2, 0) is 19.6 Å². The molecule has 2 N–H and O–H groups in total. The maximum Gasteiger partial charge on any atom is 0.0701 e. The van der Waals surface area contributed by atoms with E-state index < -0.39 is 0 Å². The SMILES string of the molecule is CC.CCCOCCC(C)CC.NCCOCCOCCC1(CCC2CC2)c2cc(Br)ccc2-c2ccc(Br)cc21. The fourth-order valence-electron chi connectivity index (χ4n) is 5.35. The minimum absolute atomic E-state index is 0.0128. The topological polar surface area (TPSA) is 53.7 Å². The maximum atomic E-state index is 5.99. The number of hydrogen-bond donors (Lipinski definition) is 1. The maximum absolute atomic E-state index is 5.99. The standard InChI is InChI=1S/C24H29Br2NO2.C9H20O.C2H6/c25-18-3-5-20-21-6-4-19(26)16-23(21)24(22(20)15-18,8-7-17-1-2-17)9-11-28-13-14-29-12-10-27;1-4-7-10-8-6-9(3)5-2;1-2/h3-6,15-17H,1-2,7-14,27H2;9H,4-8H2,1-3H3;1-2H3. The second-order valence-electron chi connectivity index (χ2n) is 11.1. The third kappa shape index (κ3) is 11.7. The van der Waals surface area contributed by atoms with Gasteiger partial charge >= 0.3 is 0 Å². The van der Waals surface area contributed by atoms with Gasteiger partial charge in [0.25, 0.3) is 0 Å². The molecule has 0 heterocycles. The number of ether oxygens (including phenoxy) is 3. The summed E-state index contributed by atoms with van der Waals surface area (Å²) in [5, 5.41) is 0. The van der Waals surface area contributed by atoms with Gasteiger partial charge in [-0.25, -0.2) is 0 Å². The van der Waals surface area contributed by atoms with Gasteiger partial charge in [0.1, 0.15) is 0 Å². The number of halogens is 2. The molecule has 1 atom stereocenters. The molecule has 1 unspecified atom stereocenters. The minimum atomic E-state index is 0.0128. The Balaban J connectivity index is 0.000000418. The van der Waals surface area contributed by atoms with Gasteiger partial charge in [-0.1, -0.05) is 97.9 Å². The van der Waals surface area contributed by atoms with Crippen LogP contribution < -0.4 is 5.73 Å². The summed E-state index contributed by atoms with van der Waals surface area (Å²) in [6.45, 7) is 15.6. The van der Waals surface area contributed by atoms with Gasteiger partial charge in [0.15, 0.2) is 0 Å². The van der Waals surface area contributed by atoms with E-state index in [0.29, 0.717) is 26.4 Å². The molecule has 0 radical (unpaired) electrons. The van der Waals surface area contributed by atoms with E-state index in [1.807, 2.05) is 13.8 Å². The van der Waals surface area contributed by atoms with Crippen molar-refractivity contribution in [2.45, 2.75) is 91.4 Å². The zero-order chi connectivity index (χ0) is 30.1. The summed E-state index contributed by atoms with van der Waals surface area (Å²) < 4.78 is 19.1. The summed E-state index contributed by atoms with van der Waals surface area (Å²) in [5.74, 6) is 1.74. The third-order valence-corrected chi connectivity index (χ3v) is 9.06. The van der Waals surface area contributed by atoms with Crippen molar-refractivity contribution in [3.8, 4) is 11.1 Å². The van der Waals surface area contributed by atoms with Gasteiger partial charge in [0, 0.05) is 40.7 Å². The fraction of sp³-hybridized carbons (Fsp3) is 0.657. The van der Waals surface area contributed by atoms with Crippen LogP contribution in [-0.4, -0.2) is 46.2 Å². The molecule has 41 heavy (non-hydrogen) atoms. The lowest BCUT2D eigenvalue weighted by Gasteiger charge is -2.33. The lowest BCUT2D eigenvalue weighted by Crippen LogP contribution is -2.28. The normalized spacial score (nSPS) is 15.2. The van der Waals surface area contributed by atoms with Gasteiger partial charge in [-0.05, 0) is 90.5 Å². The van der Waals surface area contributed by atoms with Crippen LogP contribution in [0.3, 0.4) is 0 Å². The van der Waals surface area contributed by atoms with Gasteiger partial charge in [-0.15, -0.1) is 0 Å². The molecule has 4 rings (SSSR count). The molecule has 2 aromatic carbocycles. The molecule has 2 aliphatic carbocycles. The van der Waals surface area contributed by atoms with Crippen molar-refractivity contribution in [1.29, 1.82) is 0 Å². The van der Waals surface area contributed by atoms with E-state index >= 15 is 0 Å². The van der Waals surface area contributed by atoms with Crippen molar-refractivity contribution in [1.82, 2.24) is 0 Å². The summed E-state index contributed by atoms with van der Waals surface area (Å²) >= 11 is 7.44. The van der Waals surface area contributed by atoms with E-state index in [0.717, 1.165) is 53.4 Å². The van der Waals surface area contributed by atoms with Crippen LogP contribution in [0.4, 0.5) is 0 Å². The van der Waals surface area contributed by atoms with Crippen LogP contribution in [0.15, 0.2) is 45.3 Å². The average molecular weight is 698 g/mol. The summed E-state index contributed by atoms with van der Waals surface area (Å²) in [4.78, 5) is 0. The first-order valence-electron chi connectivity index (χ1n) is 16.0. The van der Waals surface area contributed by atoms with E-state index in [1.165, 1.54) is 60.8 Å². The molecule has 0 spiro atoms. The molecule has 0 bridgehead atoms. The second-order valence-corrected chi connectivity index (χ2v) is 13.0. The van der Waals surface area contributed by atoms with Gasteiger partial charge in [-0.2, -0.15) is 0 Å². The highest BCUT2D eigenvalue weighted by molar-refractivity contribution is 9.10. The van der Waals surface area contributed by atoms with Gasteiger partial charge in [-0.3, -0.25) is 0 Å². The van der Waals surface area contributed by atoms with Crippen molar-refractivity contribution < 1.29 is 14.2 Å². The highest BCUT2D eigenvalue weighted by Crippen LogP contribution is 2.55. The highest BCUT2D eigenvalue weighted by Gasteiger charge is 2.43. The number of hydrogen-bond acceptors (Lipinski definition) is 4. The Labute approximate surface area is 267 Å². The molecule has 4 nitrogen and oxygen atoms in total. The van der Waals surface area contributed by atoms with Crippen molar-refractivity contribution in [3.63, 3.8) is 0 Å². The monoisotopic (exact) mass is 695 g/mol. The molecule has 232 valence electrons. The van der Waals surface area contributed by atoms with E-state index in [9.17, 15) is 0 Å². The zero-order valence-electron chi connectivity index (χ0n) is 26.3. The predicted molar refractivity (Wildman–Crippen MR) is 182 cm³/mol. The number of nitrogens with two attached hydrogens (primary N) is 1. The Morgan fingerprint density at radius 1 is 0.805 bits per heavy atom. The Hall–Kier alpha value is -0.760.